The standard InChI is InChI=1S/C14H20O4S/c1-10-4-6-14(7-5-10)19(15,16)18-13-8-11(2)17-12(3)9-13/h4-7,11-13H,8-9H2,1-3H3/t11-,12-/m0/s1. The van der Waals surface area contributed by atoms with Crippen LogP contribution in [0.2, 0.25) is 0 Å². The number of benzene rings is 1. The molecule has 2 atom stereocenters. The Balaban J connectivity index is 2.10. The Bertz CT molecular complexity index is 511. The molecule has 1 saturated heterocycles. The van der Waals surface area contributed by atoms with Crippen LogP contribution in [0.4, 0.5) is 0 Å². The number of ether oxygens (including phenoxy) is 1. The van der Waals surface area contributed by atoms with Crippen molar-refractivity contribution in [2.45, 2.75) is 56.8 Å². The first-order valence-corrected chi connectivity index (χ1v) is 7.93. The van der Waals surface area contributed by atoms with E-state index in [1.165, 1.54) is 0 Å². The molecule has 106 valence electrons. The molecule has 0 spiro atoms. The summed E-state index contributed by atoms with van der Waals surface area (Å²) in [6.07, 6.45) is 0.971. The summed E-state index contributed by atoms with van der Waals surface area (Å²) in [5.41, 5.74) is 1.02. The van der Waals surface area contributed by atoms with E-state index in [1.54, 1.807) is 24.3 Å². The van der Waals surface area contributed by atoms with Crippen LogP contribution in [0.25, 0.3) is 0 Å². The van der Waals surface area contributed by atoms with Gasteiger partial charge in [0.15, 0.2) is 0 Å². The molecule has 0 N–H and O–H groups in total. The van der Waals surface area contributed by atoms with E-state index < -0.39 is 10.1 Å². The maximum Gasteiger partial charge on any atom is 0.297 e. The van der Waals surface area contributed by atoms with Gasteiger partial charge < -0.3 is 4.74 Å². The fraction of sp³-hybridized carbons (Fsp3) is 0.571. The first-order chi connectivity index (χ1) is 8.87. The average molecular weight is 284 g/mol. The number of rotatable bonds is 3. The van der Waals surface area contributed by atoms with Crippen molar-refractivity contribution in [2.75, 3.05) is 0 Å². The third kappa shape index (κ3) is 3.78. The minimum atomic E-state index is -3.68. The molecule has 1 heterocycles. The van der Waals surface area contributed by atoms with Gasteiger partial charge in [-0.05, 0) is 32.9 Å². The lowest BCUT2D eigenvalue weighted by Gasteiger charge is -2.31. The Morgan fingerprint density at radius 1 is 1.11 bits per heavy atom. The quantitative estimate of drug-likeness (QED) is 0.801. The lowest BCUT2D eigenvalue weighted by molar-refractivity contribution is -0.0706. The van der Waals surface area contributed by atoms with Crippen LogP contribution in [-0.4, -0.2) is 26.7 Å². The van der Waals surface area contributed by atoms with Crippen LogP contribution >= 0.6 is 0 Å². The molecule has 1 aliphatic rings. The van der Waals surface area contributed by atoms with Gasteiger partial charge in [-0.3, -0.25) is 4.18 Å². The smallest absolute Gasteiger partial charge is 0.297 e. The highest BCUT2D eigenvalue weighted by Gasteiger charge is 2.29. The highest BCUT2D eigenvalue weighted by atomic mass is 32.2. The molecular weight excluding hydrogens is 264 g/mol. The van der Waals surface area contributed by atoms with E-state index in [0.29, 0.717) is 12.8 Å². The van der Waals surface area contributed by atoms with Crippen molar-refractivity contribution in [3.8, 4) is 0 Å². The molecule has 1 fully saturated rings. The first-order valence-electron chi connectivity index (χ1n) is 6.52. The Hall–Kier alpha value is -0.910. The van der Waals surface area contributed by atoms with Crippen LogP contribution < -0.4 is 0 Å². The van der Waals surface area contributed by atoms with Gasteiger partial charge in [0.05, 0.1) is 23.2 Å². The number of aryl methyl sites for hydroxylation is 1. The molecule has 1 aliphatic heterocycles. The third-order valence-corrected chi connectivity index (χ3v) is 4.60. The summed E-state index contributed by atoms with van der Waals surface area (Å²) in [7, 11) is -3.68. The zero-order valence-corrected chi connectivity index (χ0v) is 12.3. The average Bonchev–Trinajstić information content (AvgIpc) is 2.27. The second kappa shape index (κ2) is 5.61. The zero-order valence-electron chi connectivity index (χ0n) is 11.5. The van der Waals surface area contributed by atoms with E-state index in [4.69, 9.17) is 8.92 Å². The molecule has 1 aromatic carbocycles. The van der Waals surface area contributed by atoms with Gasteiger partial charge in [0.2, 0.25) is 0 Å². The summed E-state index contributed by atoms with van der Waals surface area (Å²) in [5.74, 6) is 0. The van der Waals surface area contributed by atoms with Gasteiger partial charge in [0.25, 0.3) is 10.1 Å². The van der Waals surface area contributed by atoms with E-state index in [-0.39, 0.29) is 23.2 Å². The Morgan fingerprint density at radius 2 is 1.63 bits per heavy atom. The fourth-order valence-corrected chi connectivity index (χ4v) is 3.46. The largest absolute Gasteiger partial charge is 0.375 e. The number of hydrogen-bond acceptors (Lipinski definition) is 4. The molecule has 0 amide bonds. The fourth-order valence-electron chi connectivity index (χ4n) is 2.36. The first kappa shape index (κ1) is 14.5. The van der Waals surface area contributed by atoms with Crippen LogP contribution in [0.3, 0.4) is 0 Å². The van der Waals surface area contributed by atoms with Crippen LogP contribution in [-0.2, 0) is 19.0 Å². The van der Waals surface area contributed by atoms with Crippen molar-refractivity contribution in [1.29, 1.82) is 0 Å². The van der Waals surface area contributed by atoms with Crippen molar-refractivity contribution in [1.82, 2.24) is 0 Å². The molecule has 19 heavy (non-hydrogen) atoms. The summed E-state index contributed by atoms with van der Waals surface area (Å²) < 4.78 is 35.2. The molecule has 1 aromatic rings. The van der Waals surface area contributed by atoms with Crippen molar-refractivity contribution < 1.29 is 17.3 Å². The summed E-state index contributed by atoms with van der Waals surface area (Å²) in [6.45, 7) is 5.79. The monoisotopic (exact) mass is 284 g/mol. The lowest BCUT2D eigenvalue weighted by atomic mass is 10.0. The zero-order chi connectivity index (χ0) is 14.0. The van der Waals surface area contributed by atoms with Crippen LogP contribution in [0.15, 0.2) is 29.2 Å². The van der Waals surface area contributed by atoms with Crippen molar-refractivity contribution >= 4 is 10.1 Å². The second-order valence-corrected chi connectivity index (χ2v) is 6.79. The van der Waals surface area contributed by atoms with Crippen LogP contribution in [0.5, 0.6) is 0 Å². The molecule has 0 radical (unpaired) electrons. The predicted molar refractivity (Wildman–Crippen MR) is 72.5 cm³/mol. The Morgan fingerprint density at radius 3 is 2.16 bits per heavy atom. The number of hydrogen-bond donors (Lipinski definition) is 0. The summed E-state index contributed by atoms with van der Waals surface area (Å²) in [4.78, 5) is 0.213. The lowest BCUT2D eigenvalue weighted by Crippen LogP contribution is -2.35. The highest BCUT2D eigenvalue weighted by Crippen LogP contribution is 2.25. The molecule has 0 saturated carbocycles. The van der Waals surface area contributed by atoms with Gasteiger partial charge in [0, 0.05) is 12.8 Å². The predicted octanol–water partition coefficient (Wildman–Crippen LogP) is 2.66. The SMILES string of the molecule is Cc1ccc(S(=O)(=O)OC2C[C@H](C)O[C@@H](C)C2)cc1. The van der Waals surface area contributed by atoms with E-state index in [0.717, 1.165) is 5.56 Å². The van der Waals surface area contributed by atoms with Crippen LogP contribution in [0, 0.1) is 6.92 Å². The Labute approximate surface area is 114 Å². The molecule has 0 aliphatic carbocycles. The topological polar surface area (TPSA) is 52.6 Å². The van der Waals surface area contributed by atoms with Gasteiger partial charge in [-0.2, -0.15) is 8.42 Å². The minimum Gasteiger partial charge on any atom is -0.375 e. The molecule has 0 unspecified atom stereocenters. The van der Waals surface area contributed by atoms with Crippen molar-refractivity contribution in [2.24, 2.45) is 0 Å². The van der Waals surface area contributed by atoms with Gasteiger partial charge in [-0.15, -0.1) is 0 Å². The highest BCUT2D eigenvalue weighted by molar-refractivity contribution is 7.86. The molecule has 4 nitrogen and oxygen atoms in total. The van der Waals surface area contributed by atoms with Crippen molar-refractivity contribution in [3.05, 3.63) is 29.8 Å². The summed E-state index contributed by atoms with van der Waals surface area (Å²) in [5, 5.41) is 0. The molecule has 2 rings (SSSR count). The minimum absolute atomic E-state index is 0.0296. The molecular formula is C14H20O4S. The van der Waals surface area contributed by atoms with Gasteiger partial charge >= 0.3 is 0 Å². The third-order valence-electron chi connectivity index (χ3n) is 3.23. The summed E-state index contributed by atoms with van der Waals surface area (Å²) in [6, 6.07) is 6.70. The van der Waals surface area contributed by atoms with E-state index in [9.17, 15) is 8.42 Å². The molecule has 0 bridgehead atoms. The van der Waals surface area contributed by atoms with E-state index >= 15 is 0 Å². The maximum absolute atomic E-state index is 12.2. The normalized spacial score (nSPS) is 28.3. The van der Waals surface area contributed by atoms with E-state index in [2.05, 4.69) is 0 Å². The van der Waals surface area contributed by atoms with Crippen LogP contribution in [0.1, 0.15) is 32.3 Å². The molecule has 5 heteroatoms. The van der Waals surface area contributed by atoms with Crippen molar-refractivity contribution in [3.63, 3.8) is 0 Å². The molecule has 0 aromatic heterocycles. The van der Waals surface area contributed by atoms with Gasteiger partial charge in [-0.1, -0.05) is 17.7 Å². The van der Waals surface area contributed by atoms with Gasteiger partial charge in [0.1, 0.15) is 0 Å². The van der Waals surface area contributed by atoms with E-state index in [1.807, 2.05) is 20.8 Å². The second-order valence-electron chi connectivity index (χ2n) is 5.21. The van der Waals surface area contributed by atoms with Gasteiger partial charge in [-0.25, -0.2) is 0 Å². The Kier molecular flexibility index (Phi) is 4.28. The summed E-state index contributed by atoms with van der Waals surface area (Å²) >= 11 is 0. The maximum atomic E-state index is 12.2.